The summed E-state index contributed by atoms with van der Waals surface area (Å²) < 4.78 is 0. The number of carbonyl (C=O) groups excluding carboxylic acids is 1. The van der Waals surface area contributed by atoms with Crippen molar-refractivity contribution in [2.45, 2.75) is 32.7 Å². The summed E-state index contributed by atoms with van der Waals surface area (Å²) in [6.07, 6.45) is 2.60. The minimum absolute atomic E-state index is 0.0290. The average Bonchev–Trinajstić information content (AvgIpc) is 3.13. The lowest BCUT2D eigenvalue weighted by molar-refractivity contribution is -0.115. The van der Waals surface area contributed by atoms with E-state index in [-0.39, 0.29) is 5.91 Å². The van der Waals surface area contributed by atoms with Gasteiger partial charge in [0.05, 0.1) is 6.54 Å². The van der Waals surface area contributed by atoms with Crippen LogP contribution < -0.4 is 10.6 Å². The Balaban J connectivity index is 1.74. The second-order valence-corrected chi connectivity index (χ2v) is 4.92. The number of nitrogens with one attached hydrogen (secondary N) is 2. The van der Waals surface area contributed by atoms with Gasteiger partial charge in [0.25, 0.3) is 0 Å². The Kier molecular flexibility index (Phi) is 3.79. The number of benzene rings is 1. The fourth-order valence-corrected chi connectivity index (χ4v) is 1.86. The Morgan fingerprint density at radius 1 is 1.35 bits per heavy atom. The van der Waals surface area contributed by atoms with E-state index < -0.39 is 0 Å². The van der Waals surface area contributed by atoms with Gasteiger partial charge in [-0.05, 0) is 44.7 Å². The van der Waals surface area contributed by atoms with Gasteiger partial charge in [-0.2, -0.15) is 0 Å². The number of hydrogen-bond donors (Lipinski definition) is 2. The van der Waals surface area contributed by atoms with Crippen molar-refractivity contribution >= 4 is 11.6 Å². The number of aryl methyl sites for hydroxylation is 1. The monoisotopic (exact) mass is 232 g/mol. The van der Waals surface area contributed by atoms with Crippen molar-refractivity contribution in [3.63, 3.8) is 0 Å². The zero-order valence-electron chi connectivity index (χ0n) is 10.5. The molecule has 3 nitrogen and oxygen atoms in total. The molecule has 1 fully saturated rings. The summed E-state index contributed by atoms with van der Waals surface area (Å²) in [7, 11) is 0. The minimum atomic E-state index is 0.0290. The van der Waals surface area contributed by atoms with Crippen LogP contribution in [0.1, 0.15) is 25.3 Å². The van der Waals surface area contributed by atoms with Gasteiger partial charge in [-0.25, -0.2) is 0 Å². The van der Waals surface area contributed by atoms with Crippen molar-refractivity contribution in [1.29, 1.82) is 0 Å². The molecule has 1 amide bonds. The Morgan fingerprint density at radius 2 is 2.00 bits per heavy atom. The van der Waals surface area contributed by atoms with Crippen LogP contribution >= 0.6 is 0 Å². The lowest BCUT2D eigenvalue weighted by Crippen LogP contribution is -2.35. The van der Waals surface area contributed by atoms with Crippen LogP contribution in [-0.4, -0.2) is 18.5 Å². The molecule has 1 aliphatic carbocycles. The summed E-state index contributed by atoms with van der Waals surface area (Å²) in [4.78, 5) is 11.7. The SMILES string of the molecule is Cc1ccc(NC(=O)CNC(C)C2CC2)cc1. The van der Waals surface area contributed by atoms with E-state index in [1.165, 1.54) is 18.4 Å². The molecule has 1 aliphatic rings. The number of anilines is 1. The molecule has 1 atom stereocenters. The summed E-state index contributed by atoms with van der Waals surface area (Å²) in [5, 5.41) is 6.15. The van der Waals surface area contributed by atoms with Gasteiger partial charge in [-0.3, -0.25) is 4.79 Å². The van der Waals surface area contributed by atoms with E-state index in [2.05, 4.69) is 17.6 Å². The summed E-state index contributed by atoms with van der Waals surface area (Å²) in [6.45, 7) is 4.58. The molecule has 1 unspecified atom stereocenters. The molecular weight excluding hydrogens is 212 g/mol. The standard InChI is InChI=1S/C14H20N2O/c1-10-3-7-13(8-4-10)16-14(17)9-15-11(2)12-5-6-12/h3-4,7-8,11-12,15H,5-6,9H2,1-2H3,(H,16,17). The van der Waals surface area contributed by atoms with E-state index in [0.717, 1.165) is 11.6 Å². The Hall–Kier alpha value is -1.35. The van der Waals surface area contributed by atoms with Crippen molar-refractivity contribution in [3.05, 3.63) is 29.8 Å². The van der Waals surface area contributed by atoms with Gasteiger partial charge < -0.3 is 10.6 Å². The van der Waals surface area contributed by atoms with Crippen LogP contribution in [-0.2, 0) is 4.79 Å². The van der Waals surface area contributed by atoms with Gasteiger partial charge in [0, 0.05) is 11.7 Å². The van der Waals surface area contributed by atoms with Gasteiger partial charge in [-0.1, -0.05) is 17.7 Å². The predicted octanol–water partition coefficient (Wildman–Crippen LogP) is 2.32. The van der Waals surface area contributed by atoms with E-state index in [0.29, 0.717) is 12.6 Å². The Labute approximate surface area is 103 Å². The predicted molar refractivity (Wildman–Crippen MR) is 70.0 cm³/mol. The highest BCUT2D eigenvalue weighted by Crippen LogP contribution is 2.32. The van der Waals surface area contributed by atoms with Crippen LogP contribution in [0.25, 0.3) is 0 Å². The van der Waals surface area contributed by atoms with E-state index in [1.807, 2.05) is 31.2 Å². The third kappa shape index (κ3) is 3.86. The quantitative estimate of drug-likeness (QED) is 0.818. The molecule has 0 heterocycles. The molecule has 2 rings (SSSR count). The first-order valence-electron chi connectivity index (χ1n) is 6.25. The molecule has 1 aromatic carbocycles. The maximum atomic E-state index is 11.7. The second kappa shape index (κ2) is 5.32. The molecule has 0 saturated heterocycles. The molecular formula is C14H20N2O. The van der Waals surface area contributed by atoms with Gasteiger partial charge >= 0.3 is 0 Å². The van der Waals surface area contributed by atoms with Gasteiger partial charge in [0.2, 0.25) is 5.91 Å². The molecule has 0 aromatic heterocycles. The van der Waals surface area contributed by atoms with Crippen molar-refractivity contribution in [1.82, 2.24) is 5.32 Å². The maximum Gasteiger partial charge on any atom is 0.238 e. The highest BCUT2D eigenvalue weighted by Gasteiger charge is 2.27. The van der Waals surface area contributed by atoms with Crippen molar-refractivity contribution in [2.24, 2.45) is 5.92 Å². The van der Waals surface area contributed by atoms with Crippen molar-refractivity contribution in [3.8, 4) is 0 Å². The van der Waals surface area contributed by atoms with Crippen molar-refractivity contribution < 1.29 is 4.79 Å². The molecule has 17 heavy (non-hydrogen) atoms. The first-order valence-corrected chi connectivity index (χ1v) is 6.25. The van der Waals surface area contributed by atoms with Crippen LogP contribution in [0.3, 0.4) is 0 Å². The van der Waals surface area contributed by atoms with Crippen molar-refractivity contribution in [2.75, 3.05) is 11.9 Å². The first kappa shape index (κ1) is 12.1. The number of hydrogen-bond acceptors (Lipinski definition) is 2. The number of amides is 1. The third-order valence-electron chi connectivity index (χ3n) is 3.25. The zero-order valence-corrected chi connectivity index (χ0v) is 10.5. The van der Waals surface area contributed by atoms with Crippen LogP contribution in [0.15, 0.2) is 24.3 Å². The van der Waals surface area contributed by atoms with E-state index in [1.54, 1.807) is 0 Å². The highest BCUT2D eigenvalue weighted by atomic mass is 16.1. The molecule has 92 valence electrons. The first-order chi connectivity index (χ1) is 8.15. The number of carbonyl (C=O) groups is 1. The molecule has 2 N–H and O–H groups in total. The lowest BCUT2D eigenvalue weighted by atomic mass is 10.2. The van der Waals surface area contributed by atoms with Gasteiger partial charge in [0.1, 0.15) is 0 Å². The molecule has 0 bridgehead atoms. The third-order valence-corrected chi connectivity index (χ3v) is 3.25. The Bertz CT molecular complexity index is 382. The summed E-state index contributed by atoms with van der Waals surface area (Å²) in [5.74, 6) is 0.809. The van der Waals surface area contributed by atoms with E-state index >= 15 is 0 Å². The summed E-state index contributed by atoms with van der Waals surface area (Å²) >= 11 is 0. The van der Waals surface area contributed by atoms with Crippen LogP contribution in [0.5, 0.6) is 0 Å². The molecule has 3 heteroatoms. The normalized spacial score (nSPS) is 16.6. The highest BCUT2D eigenvalue weighted by molar-refractivity contribution is 5.92. The van der Waals surface area contributed by atoms with Crippen LogP contribution in [0, 0.1) is 12.8 Å². The van der Waals surface area contributed by atoms with E-state index in [4.69, 9.17) is 0 Å². The van der Waals surface area contributed by atoms with Crippen LogP contribution in [0.4, 0.5) is 5.69 Å². The summed E-state index contributed by atoms with van der Waals surface area (Å²) in [5.41, 5.74) is 2.06. The molecule has 0 radical (unpaired) electrons. The fourth-order valence-electron chi connectivity index (χ4n) is 1.86. The van der Waals surface area contributed by atoms with E-state index in [9.17, 15) is 4.79 Å². The minimum Gasteiger partial charge on any atom is -0.325 e. The Morgan fingerprint density at radius 3 is 2.59 bits per heavy atom. The smallest absolute Gasteiger partial charge is 0.238 e. The zero-order chi connectivity index (χ0) is 12.3. The average molecular weight is 232 g/mol. The largest absolute Gasteiger partial charge is 0.325 e. The topological polar surface area (TPSA) is 41.1 Å². The molecule has 0 spiro atoms. The van der Waals surface area contributed by atoms with Gasteiger partial charge in [-0.15, -0.1) is 0 Å². The lowest BCUT2D eigenvalue weighted by Gasteiger charge is -2.12. The molecule has 1 aromatic rings. The maximum absolute atomic E-state index is 11.7. The molecule has 0 aliphatic heterocycles. The number of rotatable bonds is 5. The summed E-state index contributed by atoms with van der Waals surface area (Å²) in [6, 6.07) is 8.31. The second-order valence-electron chi connectivity index (χ2n) is 4.92. The van der Waals surface area contributed by atoms with Gasteiger partial charge in [0.15, 0.2) is 0 Å². The fraction of sp³-hybridized carbons (Fsp3) is 0.500. The molecule has 1 saturated carbocycles. The van der Waals surface area contributed by atoms with Crippen LogP contribution in [0.2, 0.25) is 0 Å².